The SMILES string of the molecule is OCCC1C2CCSCC12. The van der Waals surface area contributed by atoms with Crippen molar-refractivity contribution in [2.75, 3.05) is 18.1 Å². The van der Waals surface area contributed by atoms with Gasteiger partial charge in [-0.2, -0.15) is 11.8 Å². The number of rotatable bonds is 2. The molecule has 1 N–H and O–H groups in total. The van der Waals surface area contributed by atoms with E-state index in [1.807, 2.05) is 0 Å². The Hall–Kier alpha value is 0.310. The Morgan fingerprint density at radius 3 is 2.90 bits per heavy atom. The van der Waals surface area contributed by atoms with Gasteiger partial charge >= 0.3 is 0 Å². The second-order valence-electron chi connectivity index (χ2n) is 3.37. The average Bonchev–Trinajstić information content (AvgIpc) is 2.66. The summed E-state index contributed by atoms with van der Waals surface area (Å²) in [4.78, 5) is 0. The summed E-state index contributed by atoms with van der Waals surface area (Å²) in [5, 5.41) is 8.72. The van der Waals surface area contributed by atoms with Gasteiger partial charge in [0.1, 0.15) is 0 Å². The largest absolute Gasteiger partial charge is 0.396 e. The Morgan fingerprint density at radius 2 is 2.30 bits per heavy atom. The van der Waals surface area contributed by atoms with Crippen molar-refractivity contribution in [2.45, 2.75) is 12.8 Å². The third-order valence-electron chi connectivity index (χ3n) is 2.88. The van der Waals surface area contributed by atoms with E-state index >= 15 is 0 Å². The fraction of sp³-hybridized carbons (Fsp3) is 1.00. The van der Waals surface area contributed by atoms with E-state index in [0.717, 1.165) is 24.2 Å². The van der Waals surface area contributed by atoms with Gasteiger partial charge in [-0.25, -0.2) is 0 Å². The zero-order valence-corrected chi connectivity index (χ0v) is 6.94. The second-order valence-corrected chi connectivity index (χ2v) is 4.52. The van der Waals surface area contributed by atoms with Gasteiger partial charge in [0.2, 0.25) is 0 Å². The maximum Gasteiger partial charge on any atom is 0.0433 e. The van der Waals surface area contributed by atoms with Crippen LogP contribution in [-0.4, -0.2) is 23.2 Å². The molecule has 10 heavy (non-hydrogen) atoms. The van der Waals surface area contributed by atoms with Crippen LogP contribution in [0.2, 0.25) is 0 Å². The van der Waals surface area contributed by atoms with E-state index in [0.29, 0.717) is 6.61 Å². The minimum Gasteiger partial charge on any atom is -0.396 e. The number of aliphatic hydroxyl groups excluding tert-OH is 1. The molecule has 1 aliphatic heterocycles. The van der Waals surface area contributed by atoms with Crippen molar-refractivity contribution in [3.8, 4) is 0 Å². The first kappa shape index (κ1) is 6.99. The van der Waals surface area contributed by atoms with E-state index in [-0.39, 0.29) is 0 Å². The first-order valence-corrected chi connectivity index (χ1v) is 5.27. The zero-order chi connectivity index (χ0) is 6.97. The van der Waals surface area contributed by atoms with Crippen molar-refractivity contribution < 1.29 is 5.11 Å². The minimum atomic E-state index is 0.405. The van der Waals surface area contributed by atoms with Crippen LogP contribution in [0.25, 0.3) is 0 Å². The number of thioether (sulfide) groups is 1. The lowest BCUT2D eigenvalue weighted by Crippen LogP contribution is -1.96. The van der Waals surface area contributed by atoms with Gasteiger partial charge in [-0.15, -0.1) is 0 Å². The Morgan fingerprint density at radius 1 is 1.40 bits per heavy atom. The summed E-state index contributed by atoms with van der Waals surface area (Å²) in [6.07, 6.45) is 2.48. The molecule has 2 aliphatic rings. The summed E-state index contributed by atoms with van der Waals surface area (Å²) in [6.45, 7) is 0.405. The molecule has 2 fully saturated rings. The second kappa shape index (κ2) is 2.74. The lowest BCUT2D eigenvalue weighted by molar-refractivity contribution is 0.275. The molecule has 0 radical (unpaired) electrons. The topological polar surface area (TPSA) is 20.2 Å². The molecule has 0 bridgehead atoms. The highest BCUT2D eigenvalue weighted by Gasteiger charge is 2.49. The molecule has 0 aromatic carbocycles. The number of hydrogen-bond donors (Lipinski definition) is 1. The highest BCUT2D eigenvalue weighted by molar-refractivity contribution is 7.99. The van der Waals surface area contributed by atoms with Crippen LogP contribution >= 0.6 is 11.8 Å². The van der Waals surface area contributed by atoms with E-state index in [4.69, 9.17) is 5.11 Å². The van der Waals surface area contributed by atoms with Crippen LogP contribution in [0.15, 0.2) is 0 Å². The predicted molar refractivity (Wildman–Crippen MR) is 44.1 cm³/mol. The normalized spacial score (nSPS) is 44.7. The van der Waals surface area contributed by atoms with E-state index in [1.165, 1.54) is 17.9 Å². The molecule has 0 aromatic rings. The lowest BCUT2D eigenvalue weighted by atomic mass is 10.2. The summed E-state index contributed by atoms with van der Waals surface area (Å²) < 4.78 is 0. The van der Waals surface area contributed by atoms with E-state index in [2.05, 4.69) is 11.8 Å². The third-order valence-corrected chi connectivity index (χ3v) is 4.02. The van der Waals surface area contributed by atoms with Gasteiger partial charge < -0.3 is 5.11 Å². The highest BCUT2D eigenvalue weighted by atomic mass is 32.2. The van der Waals surface area contributed by atoms with Crippen molar-refractivity contribution in [3.63, 3.8) is 0 Å². The van der Waals surface area contributed by atoms with Crippen molar-refractivity contribution in [2.24, 2.45) is 17.8 Å². The third kappa shape index (κ3) is 1.08. The molecule has 1 nitrogen and oxygen atoms in total. The quantitative estimate of drug-likeness (QED) is 0.655. The Kier molecular flexibility index (Phi) is 1.92. The van der Waals surface area contributed by atoms with Crippen LogP contribution in [-0.2, 0) is 0 Å². The van der Waals surface area contributed by atoms with Gasteiger partial charge in [-0.3, -0.25) is 0 Å². The molecule has 0 amide bonds. The van der Waals surface area contributed by atoms with Gasteiger partial charge in [0.15, 0.2) is 0 Å². The molecule has 1 saturated heterocycles. The fourth-order valence-electron chi connectivity index (χ4n) is 2.22. The molecule has 0 aromatic heterocycles. The van der Waals surface area contributed by atoms with Crippen molar-refractivity contribution >= 4 is 11.8 Å². The van der Waals surface area contributed by atoms with Crippen LogP contribution < -0.4 is 0 Å². The van der Waals surface area contributed by atoms with Gasteiger partial charge in [-0.05, 0) is 42.1 Å². The number of fused-ring (bicyclic) bond motifs is 1. The van der Waals surface area contributed by atoms with Crippen LogP contribution in [0.5, 0.6) is 0 Å². The van der Waals surface area contributed by atoms with E-state index in [1.54, 1.807) is 0 Å². The van der Waals surface area contributed by atoms with Crippen LogP contribution in [0.4, 0.5) is 0 Å². The summed E-state index contributed by atoms with van der Waals surface area (Å²) in [5.74, 6) is 5.64. The molecule has 0 spiro atoms. The highest BCUT2D eigenvalue weighted by Crippen LogP contribution is 2.55. The van der Waals surface area contributed by atoms with Crippen LogP contribution in [0.3, 0.4) is 0 Å². The monoisotopic (exact) mass is 158 g/mol. The van der Waals surface area contributed by atoms with E-state index < -0.39 is 0 Å². The van der Waals surface area contributed by atoms with Gasteiger partial charge in [0.25, 0.3) is 0 Å². The summed E-state index contributed by atoms with van der Waals surface area (Å²) >= 11 is 2.09. The Bertz CT molecular complexity index is 114. The summed E-state index contributed by atoms with van der Waals surface area (Å²) in [7, 11) is 0. The van der Waals surface area contributed by atoms with E-state index in [9.17, 15) is 0 Å². The van der Waals surface area contributed by atoms with Crippen LogP contribution in [0, 0.1) is 17.8 Å². The fourth-order valence-corrected chi connectivity index (χ4v) is 3.59. The zero-order valence-electron chi connectivity index (χ0n) is 6.12. The first-order chi connectivity index (χ1) is 4.93. The molecular formula is C8H14OS. The molecular weight excluding hydrogens is 144 g/mol. The maximum atomic E-state index is 8.72. The Balaban J connectivity index is 1.82. The van der Waals surface area contributed by atoms with Gasteiger partial charge in [0, 0.05) is 6.61 Å². The lowest BCUT2D eigenvalue weighted by Gasteiger charge is -2.05. The maximum absolute atomic E-state index is 8.72. The van der Waals surface area contributed by atoms with Gasteiger partial charge in [-0.1, -0.05) is 0 Å². The minimum absolute atomic E-state index is 0.405. The van der Waals surface area contributed by atoms with Gasteiger partial charge in [0.05, 0.1) is 0 Å². The average molecular weight is 158 g/mol. The predicted octanol–water partition coefficient (Wildman–Crippen LogP) is 1.37. The molecule has 2 heteroatoms. The van der Waals surface area contributed by atoms with Crippen molar-refractivity contribution in [1.29, 1.82) is 0 Å². The van der Waals surface area contributed by atoms with Crippen molar-refractivity contribution in [1.82, 2.24) is 0 Å². The smallest absolute Gasteiger partial charge is 0.0433 e. The summed E-state index contributed by atoms with van der Waals surface area (Å²) in [6, 6.07) is 0. The summed E-state index contributed by atoms with van der Waals surface area (Å²) in [5.41, 5.74) is 0. The molecule has 58 valence electrons. The molecule has 3 atom stereocenters. The first-order valence-electron chi connectivity index (χ1n) is 4.12. The Labute approximate surface area is 66.2 Å². The standard InChI is InChI=1S/C8H14OS/c9-3-1-6-7-2-4-10-5-8(6)7/h6-9H,1-5H2. The molecule has 3 unspecified atom stereocenters. The van der Waals surface area contributed by atoms with Crippen molar-refractivity contribution in [3.05, 3.63) is 0 Å². The molecule has 1 aliphatic carbocycles. The van der Waals surface area contributed by atoms with Crippen LogP contribution in [0.1, 0.15) is 12.8 Å². The molecule has 2 rings (SSSR count). The molecule has 1 saturated carbocycles. The number of hydrogen-bond acceptors (Lipinski definition) is 2. The molecule has 1 heterocycles. The number of aliphatic hydroxyl groups is 1.